The molecule has 5 heteroatoms. The van der Waals surface area contributed by atoms with Gasteiger partial charge in [-0.25, -0.2) is 4.79 Å². The second kappa shape index (κ2) is 6.61. The molecule has 0 saturated carbocycles. The van der Waals surface area contributed by atoms with E-state index in [0.29, 0.717) is 23.7 Å². The zero-order chi connectivity index (χ0) is 15.4. The highest BCUT2D eigenvalue weighted by molar-refractivity contribution is 5.98. The Morgan fingerprint density at radius 3 is 2.62 bits per heavy atom. The zero-order valence-electron chi connectivity index (χ0n) is 12.5. The fourth-order valence-corrected chi connectivity index (χ4v) is 2.72. The van der Waals surface area contributed by atoms with Gasteiger partial charge in [0.15, 0.2) is 0 Å². The summed E-state index contributed by atoms with van der Waals surface area (Å²) in [4.78, 5) is 25.2. The maximum atomic E-state index is 12.3. The number of fused-ring (bicyclic) bond motifs is 1. The maximum absolute atomic E-state index is 12.3. The second-order valence-electron chi connectivity index (χ2n) is 5.43. The number of carboxylic acids is 1. The number of anilines is 1. The van der Waals surface area contributed by atoms with Crippen LogP contribution in [0, 0.1) is 5.92 Å². The molecule has 2 rings (SSSR count). The lowest BCUT2D eigenvalue weighted by Crippen LogP contribution is -2.41. The smallest absolute Gasteiger partial charge is 0.321 e. The van der Waals surface area contributed by atoms with Gasteiger partial charge in [-0.15, -0.1) is 0 Å². The standard InChI is InChI=1S/C16H22N2O3/c1-3-11(4-2)9-17-16(21)18-10-13(15(19)20)12-7-5-6-8-14(12)18/h5-8,11,13H,3-4,9-10H2,1-2H3,(H,17,21)(H,19,20). The molecule has 1 aromatic carbocycles. The first kappa shape index (κ1) is 15.4. The molecule has 0 bridgehead atoms. The maximum Gasteiger partial charge on any atom is 0.321 e. The molecule has 0 spiro atoms. The van der Waals surface area contributed by atoms with E-state index in [-0.39, 0.29) is 12.6 Å². The molecule has 0 aromatic heterocycles. The zero-order valence-corrected chi connectivity index (χ0v) is 12.5. The first-order valence-electron chi connectivity index (χ1n) is 7.45. The van der Waals surface area contributed by atoms with Gasteiger partial charge in [0.2, 0.25) is 0 Å². The van der Waals surface area contributed by atoms with Crippen LogP contribution in [0.5, 0.6) is 0 Å². The number of nitrogens with zero attached hydrogens (tertiary/aromatic N) is 1. The Hall–Kier alpha value is -2.04. The van der Waals surface area contributed by atoms with Crippen molar-refractivity contribution < 1.29 is 14.7 Å². The van der Waals surface area contributed by atoms with Gasteiger partial charge in [0.05, 0.1) is 0 Å². The molecule has 1 atom stereocenters. The number of carbonyl (C=O) groups is 2. The van der Waals surface area contributed by atoms with Crippen molar-refractivity contribution in [1.82, 2.24) is 5.32 Å². The van der Waals surface area contributed by atoms with E-state index in [9.17, 15) is 14.7 Å². The number of aliphatic carboxylic acids is 1. The molecular formula is C16H22N2O3. The third-order valence-corrected chi connectivity index (χ3v) is 4.21. The van der Waals surface area contributed by atoms with Crippen molar-refractivity contribution in [2.24, 2.45) is 5.92 Å². The van der Waals surface area contributed by atoms with E-state index in [1.54, 1.807) is 18.2 Å². The third kappa shape index (κ3) is 3.17. The van der Waals surface area contributed by atoms with E-state index in [1.807, 2.05) is 6.07 Å². The lowest BCUT2D eigenvalue weighted by atomic mass is 10.0. The van der Waals surface area contributed by atoms with Gasteiger partial charge in [-0.3, -0.25) is 9.69 Å². The van der Waals surface area contributed by atoms with Crippen LogP contribution in [-0.4, -0.2) is 30.2 Å². The molecule has 0 fully saturated rings. The normalized spacial score (nSPS) is 16.9. The lowest BCUT2D eigenvalue weighted by molar-refractivity contribution is -0.138. The van der Waals surface area contributed by atoms with Crippen molar-refractivity contribution in [2.45, 2.75) is 32.6 Å². The summed E-state index contributed by atoms with van der Waals surface area (Å²) in [6, 6.07) is 7.00. The quantitative estimate of drug-likeness (QED) is 0.876. The molecule has 2 amide bonds. The minimum Gasteiger partial charge on any atom is -0.481 e. The summed E-state index contributed by atoms with van der Waals surface area (Å²) in [5, 5.41) is 12.2. The Labute approximate surface area is 125 Å². The molecule has 21 heavy (non-hydrogen) atoms. The molecule has 0 radical (unpaired) electrons. The Morgan fingerprint density at radius 2 is 2.00 bits per heavy atom. The summed E-state index contributed by atoms with van der Waals surface area (Å²) >= 11 is 0. The van der Waals surface area contributed by atoms with E-state index < -0.39 is 11.9 Å². The van der Waals surface area contributed by atoms with Crippen molar-refractivity contribution in [2.75, 3.05) is 18.0 Å². The molecule has 1 aromatic rings. The third-order valence-electron chi connectivity index (χ3n) is 4.21. The Morgan fingerprint density at radius 1 is 1.33 bits per heavy atom. The average Bonchev–Trinajstić information content (AvgIpc) is 2.88. The second-order valence-corrected chi connectivity index (χ2v) is 5.43. The number of amides is 2. The van der Waals surface area contributed by atoms with Crippen LogP contribution in [0.25, 0.3) is 0 Å². The van der Waals surface area contributed by atoms with Crippen LogP contribution >= 0.6 is 0 Å². The summed E-state index contributed by atoms with van der Waals surface area (Å²) < 4.78 is 0. The van der Waals surface area contributed by atoms with E-state index in [1.165, 1.54) is 4.90 Å². The summed E-state index contributed by atoms with van der Waals surface area (Å²) in [6.07, 6.45) is 2.04. The van der Waals surface area contributed by atoms with Crippen molar-refractivity contribution in [3.05, 3.63) is 29.8 Å². The Balaban J connectivity index is 2.11. The van der Waals surface area contributed by atoms with Gasteiger partial charge in [0.1, 0.15) is 5.92 Å². The minimum atomic E-state index is -0.891. The van der Waals surface area contributed by atoms with Crippen LogP contribution in [0.3, 0.4) is 0 Å². The monoisotopic (exact) mass is 290 g/mol. The van der Waals surface area contributed by atoms with Gasteiger partial charge in [0.25, 0.3) is 0 Å². The van der Waals surface area contributed by atoms with E-state index in [4.69, 9.17) is 0 Å². The Kier molecular flexibility index (Phi) is 4.83. The number of hydrogen-bond donors (Lipinski definition) is 2. The molecule has 1 heterocycles. The SMILES string of the molecule is CCC(CC)CNC(=O)N1CC(C(=O)O)c2ccccc21. The molecule has 2 N–H and O–H groups in total. The number of hydrogen-bond acceptors (Lipinski definition) is 2. The van der Waals surface area contributed by atoms with Gasteiger partial charge < -0.3 is 10.4 Å². The van der Waals surface area contributed by atoms with Crippen LogP contribution in [0.4, 0.5) is 10.5 Å². The number of benzene rings is 1. The van der Waals surface area contributed by atoms with Gasteiger partial charge in [-0.1, -0.05) is 44.9 Å². The predicted molar refractivity (Wildman–Crippen MR) is 81.6 cm³/mol. The minimum absolute atomic E-state index is 0.198. The molecule has 114 valence electrons. The number of para-hydroxylation sites is 1. The van der Waals surface area contributed by atoms with Crippen LogP contribution < -0.4 is 10.2 Å². The van der Waals surface area contributed by atoms with Crippen molar-refractivity contribution >= 4 is 17.7 Å². The van der Waals surface area contributed by atoms with Gasteiger partial charge in [0, 0.05) is 18.8 Å². The first-order chi connectivity index (χ1) is 10.1. The van der Waals surface area contributed by atoms with Crippen LogP contribution in [0.1, 0.15) is 38.2 Å². The number of carbonyl (C=O) groups excluding carboxylic acids is 1. The molecule has 1 unspecified atom stereocenters. The number of carboxylic acid groups (broad SMARTS) is 1. The van der Waals surface area contributed by atoms with Gasteiger partial charge >= 0.3 is 12.0 Å². The number of nitrogens with one attached hydrogen (secondary N) is 1. The van der Waals surface area contributed by atoms with Crippen molar-refractivity contribution in [1.29, 1.82) is 0 Å². The van der Waals surface area contributed by atoms with Crippen LogP contribution in [0.2, 0.25) is 0 Å². The first-order valence-corrected chi connectivity index (χ1v) is 7.45. The Bertz CT molecular complexity index is 526. The lowest BCUT2D eigenvalue weighted by Gasteiger charge is -2.20. The molecule has 0 aliphatic carbocycles. The average molecular weight is 290 g/mol. The van der Waals surface area contributed by atoms with Crippen LogP contribution in [-0.2, 0) is 4.79 Å². The molecular weight excluding hydrogens is 268 g/mol. The fraction of sp³-hybridized carbons (Fsp3) is 0.500. The molecule has 1 aliphatic heterocycles. The van der Waals surface area contributed by atoms with Crippen molar-refractivity contribution in [3.63, 3.8) is 0 Å². The fourth-order valence-electron chi connectivity index (χ4n) is 2.72. The van der Waals surface area contributed by atoms with E-state index in [0.717, 1.165) is 12.8 Å². The molecule has 0 saturated heterocycles. The number of rotatable bonds is 5. The van der Waals surface area contributed by atoms with Crippen LogP contribution in [0.15, 0.2) is 24.3 Å². The summed E-state index contributed by atoms with van der Waals surface area (Å²) in [5.41, 5.74) is 1.41. The molecule has 1 aliphatic rings. The van der Waals surface area contributed by atoms with Gasteiger partial charge in [-0.05, 0) is 17.5 Å². The van der Waals surface area contributed by atoms with E-state index >= 15 is 0 Å². The summed E-state index contributed by atoms with van der Waals surface area (Å²) in [5.74, 6) is -1.07. The summed E-state index contributed by atoms with van der Waals surface area (Å²) in [6.45, 7) is 5.03. The summed E-state index contributed by atoms with van der Waals surface area (Å²) in [7, 11) is 0. The van der Waals surface area contributed by atoms with Gasteiger partial charge in [-0.2, -0.15) is 0 Å². The highest BCUT2D eigenvalue weighted by atomic mass is 16.4. The number of urea groups is 1. The largest absolute Gasteiger partial charge is 0.481 e. The highest BCUT2D eigenvalue weighted by Crippen LogP contribution is 2.36. The predicted octanol–water partition coefficient (Wildman–Crippen LogP) is 2.82. The van der Waals surface area contributed by atoms with E-state index in [2.05, 4.69) is 19.2 Å². The topological polar surface area (TPSA) is 69.6 Å². The highest BCUT2D eigenvalue weighted by Gasteiger charge is 2.36. The molecule has 5 nitrogen and oxygen atoms in total. The van der Waals surface area contributed by atoms with Crippen molar-refractivity contribution in [3.8, 4) is 0 Å².